The summed E-state index contributed by atoms with van der Waals surface area (Å²) in [7, 11) is 3.21. The largest absolute Gasteiger partial charge is 0.464 e. The first-order chi connectivity index (χ1) is 7.72. The van der Waals surface area contributed by atoms with Crippen LogP contribution < -0.4 is 5.32 Å². The molecule has 16 heavy (non-hydrogen) atoms. The lowest BCUT2D eigenvalue weighted by Gasteiger charge is -2.22. The van der Waals surface area contributed by atoms with Gasteiger partial charge in [0.15, 0.2) is 0 Å². The number of hydrogen-bond acceptors (Lipinski definition) is 4. The van der Waals surface area contributed by atoms with E-state index in [1.807, 2.05) is 19.3 Å². The number of aromatic nitrogens is 1. The zero-order valence-corrected chi connectivity index (χ0v) is 9.53. The topological polar surface area (TPSA) is 52.5 Å². The lowest BCUT2D eigenvalue weighted by molar-refractivity contribution is 0.0277. The Labute approximate surface area is 94.3 Å². The van der Waals surface area contributed by atoms with Crippen molar-refractivity contribution in [1.82, 2.24) is 9.88 Å². The fourth-order valence-electron chi connectivity index (χ4n) is 1.85. The van der Waals surface area contributed by atoms with Crippen molar-refractivity contribution in [2.75, 3.05) is 26.8 Å². The van der Waals surface area contributed by atoms with E-state index in [-0.39, 0.29) is 12.1 Å². The number of rotatable bonds is 2. The standard InChI is InChI=1S/C11H16N2O3/c1-13-7-8(5-9(13)11(14)15-2)10-6-12-3-4-16-10/h5,7,10,12H,3-4,6H2,1-2H3. The van der Waals surface area contributed by atoms with E-state index in [2.05, 4.69) is 5.32 Å². The number of carbonyl (C=O) groups is 1. The summed E-state index contributed by atoms with van der Waals surface area (Å²) in [5.74, 6) is -0.322. The van der Waals surface area contributed by atoms with Crippen LogP contribution in [-0.4, -0.2) is 37.3 Å². The molecule has 1 aromatic rings. The van der Waals surface area contributed by atoms with Gasteiger partial charge in [0.25, 0.3) is 0 Å². The van der Waals surface area contributed by atoms with Crippen molar-refractivity contribution in [3.8, 4) is 0 Å². The van der Waals surface area contributed by atoms with Gasteiger partial charge in [0, 0.05) is 31.9 Å². The van der Waals surface area contributed by atoms with Gasteiger partial charge >= 0.3 is 5.97 Å². The first-order valence-corrected chi connectivity index (χ1v) is 5.29. The molecule has 1 saturated heterocycles. The molecule has 1 unspecified atom stereocenters. The minimum absolute atomic E-state index is 0.0263. The zero-order valence-electron chi connectivity index (χ0n) is 9.53. The lowest BCUT2D eigenvalue weighted by Crippen LogP contribution is -2.33. The smallest absolute Gasteiger partial charge is 0.354 e. The summed E-state index contributed by atoms with van der Waals surface area (Å²) in [5.41, 5.74) is 1.56. The number of aryl methyl sites for hydroxylation is 1. The molecule has 1 aliphatic heterocycles. The first-order valence-electron chi connectivity index (χ1n) is 5.29. The van der Waals surface area contributed by atoms with Gasteiger partial charge in [0.05, 0.1) is 19.8 Å². The van der Waals surface area contributed by atoms with Crippen LogP contribution in [0.3, 0.4) is 0 Å². The van der Waals surface area contributed by atoms with Gasteiger partial charge < -0.3 is 19.4 Å². The Morgan fingerprint density at radius 3 is 3.12 bits per heavy atom. The minimum atomic E-state index is -0.322. The molecule has 5 heteroatoms. The molecule has 0 aliphatic carbocycles. The van der Waals surface area contributed by atoms with Crippen LogP contribution in [0.4, 0.5) is 0 Å². The molecule has 0 amide bonds. The number of morpholine rings is 1. The molecule has 0 spiro atoms. The van der Waals surface area contributed by atoms with Crippen LogP contribution in [0.2, 0.25) is 0 Å². The van der Waals surface area contributed by atoms with E-state index in [0.717, 1.165) is 18.7 Å². The van der Waals surface area contributed by atoms with Crippen LogP contribution in [0.25, 0.3) is 0 Å². The first kappa shape index (κ1) is 11.2. The Balaban J connectivity index is 2.19. The SMILES string of the molecule is COC(=O)c1cc(C2CNCCO2)cn1C. The van der Waals surface area contributed by atoms with Crippen molar-refractivity contribution >= 4 is 5.97 Å². The summed E-state index contributed by atoms with van der Waals surface area (Å²) < 4.78 is 12.1. The van der Waals surface area contributed by atoms with Gasteiger partial charge in [0.1, 0.15) is 5.69 Å². The summed E-state index contributed by atoms with van der Waals surface area (Å²) in [5, 5.41) is 3.25. The van der Waals surface area contributed by atoms with Gasteiger partial charge in [-0.1, -0.05) is 0 Å². The summed E-state index contributed by atoms with van der Waals surface area (Å²) >= 11 is 0. The average molecular weight is 224 g/mol. The highest BCUT2D eigenvalue weighted by molar-refractivity contribution is 5.87. The Hall–Kier alpha value is -1.33. The molecule has 5 nitrogen and oxygen atoms in total. The quantitative estimate of drug-likeness (QED) is 0.742. The van der Waals surface area contributed by atoms with E-state index in [1.54, 1.807) is 4.57 Å². The molecule has 1 N–H and O–H groups in total. The van der Waals surface area contributed by atoms with Crippen LogP contribution in [-0.2, 0) is 16.5 Å². The number of esters is 1. The number of ether oxygens (including phenoxy) is 2. The number of methoxy groups -OCH3 is 1. The minimum Gasteiger partial charge on any atom is -0.464 e. The summed E-state index contributed by atoms with van der Waals surface area (Å²) in [6.07, 6.45) is 1.93. The average Bonchev–Trinajstić information content (AvgIpc) is 2.71. The highest BCUT2D eigenvalue weighted by Crippen LogP contribution is 2.21. The highest BCUT2D eigenvalue weighted by Gasteiger charge is 2.20. The van der Waals surface area contributed by atoms with Crippen molar-refractivity contribution in [3.63, 3.8) is 0 Å². The molecule has 0 saturated carbocycles. The predicted octanol–water partition coefficient (Wildman–Crippen LogP) is 0.473. The second kappa shape index (κ2) is 4.67. The van der Waals surface area contributed by atoms with Crippen LogP contribution in [0.1, 0.15) is 22.2 Å². The third kappa shape index (κ3) is 2.10. The Kier molecular flexibility index (Phi) is 3.26. The number of nitrogens with one attached hydrogen (secondary N) is 1. The molecule has 0 radical (unpaired) electrons. The van der Waals surface area contributed by atoms with E-state index in [1.165, 1.54) is 7.11 Å². The molecular formula is C11H16N2O3. The van der Waals surface area contributed by atoms with Gasteiger partial charge in [-0.15, -0.1) is 0 Å². The molecule has 1 aromatic heterocycles. The van der Waals surface area contributed by atoms with Crippen molar-refractivity contribution in [1.29, 1.82) is 0 Å². The molecule has 0 bridgehead atoms. The van der Waals surface area contributed by atoms with Gasteiger partial charge in [-0.25, -0.2) is 4.79 Å². The van der Waals surface area contributed by atoms with Crippen molar-refractivity contribution in [3.05, 3.63) is 23.5 Å². The fraction of sp³-hybridized carbons (Fsp3) is 0.545. The Morgan fingerprint density at radius 1 is 1.69 bits per heavy atom. The maximum atomic E-state index is 11.4. The van der Waals surface area contributed by atoms with E-state index in [0.29, 0.717) is 12.3 Å². The fourth-order valence-corrected chi connectivity index (χ4v) is 1.85. The van der Waals surface area contributed by atoms with Crippen molar-refractivity contribution in [2.45, 2.75) is 6.10 Å². The van der Waals surface area contributed by atoms with E-state index < -0.39 is 0 Å². The molecule has 1 fully saturated rings. The Bertz CT molecular complexity index is 381. The normalized spacial score (nSPS) is 20.8. The van der Waals surface area contributed by atoms with Gasteiger partial charge in [-0.05, 0) is 6.07 Å². The highest BCUT2D eigenvalue weighted by atomic mass is 16.5. The van der Waals surface area contributed by atoms with Gasteiger partial charge in [-0.2, -0.15) is 0 Å². The van der Waals surface area contributed by atoms with Crippen LogP contribution >= 0.6 is 0 Å². The van der Waals surface area contributed by atoms with E-state index in [9.17, 15) is 4.79 Å². The second-order valence-corrected chi connectivity index (χ2v) is 3.82. The number of carbonyl (C=O) groups excluding carboxylic acids is 1. The second-order valence-electron chi connectivity index (χ2n) is 3.82. The molecule has 1 aliphatic rings. The summed E-state index contributed by atoms with van der Waals surface area (Å²) in [6.45, 7) is 2.37. The van der Waals surface area contributed by atoms with Crippen LogP contribution in [0, 0.1) is 0 Å². The Morgan fingerprint density at radius 2 is 2.50 bits per heavy atom. The van der Waals surface area contributed by atoms with Crippen molar-refractivity contribution < 1.29 is 14.3 Å². The predicted molar refractivity (Wildman–Crippen MR) is 58.3 cm³/mol. The van der Waals surface area contributed by atoms with Crippen molar-refractivity contribution in [2.24, 2.45) is 7.05 Å². The number of nitrogens with zero attached hydrogens (tertiary/aromatic N) is 1. The molecule has 2 heterocycles. The maximum absolute atomic E-state index is 11.4. The van der Waals surface area contributed by atoms with Crippen LogP contribution in [0.15, 0.2) is 12.3 Å². The number of hydrogen-bond donors (Lipinski definition) is 1. The van der Waals surface area contributed by atoms with Gasteiger partial charge in [-0.3, -0.25) is 0 Å². The summed E-state index contributed by atoms with van der Waals surface area (Å²) in [4.78, 5) is 11.4. The molecule has 2 rings (SSSR count). The maximum Gasteiger partial charge on any atom is 0.354 e. The van der Waals surface area contributed by atoms with E-state index in [4.69, 9.17) is 9.47 Å². The van der Waals surface area contributed by atoms with Gasteiger partial charge in [0.2, 0.25) is 0 Å². The molecule has 0 aromatic carbocycles. The molecular weight excluding hydrogens is 208 g/mol. The van der Waals surface area contributed by atoms with E-state index >= 15 is 0 Å². The lowest BCUT2D eigenvalue weighted by atomic mass is 10.1. The van der Waals surface area contributed by atoms with Crippen LogP contribution in [0.5, 0.6) is 0 Å². The third-order valence-corrected chi connectivity index (χ3v) is 2.72. The monoisotopic (exact) mass is 224 g/mol. The zero-order chi connectivity index (χ0) is 11.5. The summed E-state index contributed by atoms with van der Waals surface area (Å²) in [6, 6.07) is 1.82. The third-order valence-electron chi connectivity index (χ3n) is 2.72. The molecule has 88 valence electrons. The molecule has 1 atom stereocenters.